The topological polar surface area (TPSA) is 99.9 Å². The Labute approximate surface area is 202 Å². The number of hydrogen-bond donors (Lipinski definition) is 1. The van der Waals surface area contributed by atoms with Gasteiger partial charge in [-0.3, -0.25) is 10.1 Å². The molecule has 0 atom stereocenters. The first-order valence-electron chi connectivity index (χ1n) is 11.3. The molecule has 34 heavy (non-hydrogen) atoms. The van der Waals surface area contributed by atoms with Crippen molar-refractivity contribution in [3.63, 3.8) is 0 Å². The Bertz CT molecular complexity index is 1390. The molecule has 2 aliphatic heterocycles. The number of nitrogens with one attached hydrogen (secondary N) is 1. The first-order valence-corrected chi connectivity index (χ1v) is 13.7. The number of carbonyl (C=O) groups is 1. The molecule has 178 valence electrons. The van der Waals surface area contributed by atoms with Crippen LogP contribution in [0.2, 0.25) is 0 Å². The van der Waals surface area contributed by atoms with Crippen molar-refractivity contribution >= 4 is 55.5 Å². The van der Waals surface area contributed by atoms with Gasteiger partial charge in [0.05, 0.1) is 22.5 Å². The van der Waals surface area contributed by atoms with Crippen molar-refractivity contribution in [1.82, 2.24) is 14.5 Å². The summed E-state index contributed by atoms with van der Waals surface area (Å²) in [6, 6.07) is 13.2. The number of sulfonamides is 1. The number of thioether (sulfide) groups is 1. The molecule has 2 aromatic carbocycles. The van der Waals surface area contributed by atoms with Gasteiger partial charge >= 0.3 is 0 Å². The van der Waals surface area contributed by atoms with Crippen molar-refractivity contribution in [3.8, 4) is 0 Å². The molecule has 0 fully saturated rings. The highest BCUT2D eigenvalue weighted by Gasteiger charge is 2.33. The van der Waals surface area contributed by atoms with Gasteiger partial charge in [0.15, 0.2) is 5.17 Å². The zero-order valence-electron chi connectivity index (χ0n) is 19.1. The Hall–Kier alpha value is -2.89. The van der Waals surface area contributed by atoms with Gasteiger partial charge in [-0.25, -0.2) is 13.4 Å². The normalized spacial score (nSPS) is 16.4. The summed E-state index contributed by atoms with van der Waals surface area (Å²) < 4.78 is 29.6. The lowest BCUT2D eigenvalue weighted by atomic mass is 10.2. The van der Waals surface area contributed by atoms with Crippen LogP contribution in [-0.2, 0) is 16.6 Å². The summed E-state index contributed by atoms with van der Waals surface area (Å²) in [5.74, 6) is 0.240. The highest BCUT2D eigenvalue weighted by Crippen LogP contribution is 2.42. The van der Waals surface area contributed by atoms with Gasteiger partial charge in [-0.15, -0.1) is 4.40 Å². The minimum Gasteiger partial charge on any atom is -0.318 e. The standard InChI is InChI=1S/C23H26N6O3S2/c1-3-27(4-2)11-12-28-18-8-6-5-7-17(18)24-22(28)25-21(30)16-9-10-19-20(15-16)33-23-26-34(31,32)14-13-29(19)23/h5-10,15H,3-4,11-14H2,1-2H3,(H,24,25,30). The third kappa shape index (κ3) is 4.30. The number of hydrogen-bond acceptors (Lipinski definition) is 7. The smallest absolute Gasteiger partial charge is 0.258 e. The fourth-order valence-corrected chi connectivity index (χ4v) is 6.52. The van der Waals surface area contributed by atoms with E-state index in [0.717, 1.165) is 41.3 Å². The van der Waals surface area contributed by atoms with E-state index in [9.17, 15) is 13.2 Å². The number of amidine groups is 1. The van der Waals surface area contributed by atoms with E-state index >= 15 is 0 Å². The quantitative estimate of drug-likeness (QED) is 0.534. The SMILES string of the molecule is CCN(CC)CCn1c(NC(=O)c2ccc3c(c2)SC2=NS(=O)(=O)CCN23)nc2ccccc21. The Morgan fingerprint density at radius 3 is 2.76 bits per heavy atom. The molecule has 1 amide bonds. The number of amides is 1. The van der Waals surface area contributed by atoms with Crippen LogP contribution in [0.15, 0.2) is 51.8 Å². The molecule has 1 N–H and O–H groups in total. The molecule has 0 aliphatic carbocycles. The average molecular weight is 499 g/mol. The molecule has 0 unspecified atom stereocenters. The van der Waals surface area contributed by atoms with Gasteiger partial charge in [-0.2, -0.15) is 0 Å². The summed E-state index contributed by atoms with van der Waals surface area (Å²) in [5.41, 5.74) is 3.17. The largest absolute Gasteiger partial charge is 0.318 e. The lowest BCUT2D eigenvalue weighted by Crippen LogP contribution is -2.35. The summed E-state index contributed by atoms with van der Waals surface area (Å²) in [6.45, 7) is 8.12. The van der Waals surface area contributed by atoms with E-state index in [2.05, 4.69) is 33.4 Å². The summed E-state index contributed by atoms with van der Waals surface area (Å²) in [7, 11) is -3.42. The van der Waals surface area contributed by atoms with Gasteiger partial charge in [-0.05, 0) is 55.2 Å². The number of rotatable bonds is 7. The molecule has 2 aliphatic rings. The molecular weight excluding hydrogens is 472 g/mol. The van der Waals surface area contributed by atoms with Crippen LogP contribution in [0, 0.1) is 0 Å². The van der Waals surface area contributed by atoms with Crippen LogP contribution in [-0.4, -0.2) is 65.9 Å². The van der Waals surface area contributed by atoms with Crippen molar-refractivity contribution in [2.45, 2.75) is 25.3 Å². The van der Waals surface area contributed by atoms with Crippen molar-refractivity contribution in [3.05, 3.63) is 48.0 Å². The number of imidazole rings is 1. The van der Waals surface area contributed by atoms with Crippen LogP contribution in [0.5, 0.6) is 0 Å². The first kappa shape index (κ1) is 22.9. The van der Waals surface area contributed by atoms with Crippen LogP contribution in [0.25, 0.3) is 11.0 Å². The van der Waals surface area contributed by atoms with Crippen molar-refractivity contribution < 1.29 is 13.2 Å². The van der Waals surface area contributed by atoms with Crippen LogP contribution in [0.3, 0.4) is 0 Å². The lowest BCUT2D eigenvalue weighted by Gasteiger charge is -2.22. The van der Waals surface area contributed by atoms with E-state index < -0.39 is 10.0 Å². The molecule has 0 bridgehead atoms. The summed E-state index contributed by atoms with van der Waals surface area (Å²) >= 11 is 1.27. The number of fused-ring (bicyclic) bond motifs is 4. The van der Waals surface area contributed by atoms with Crippen LogP contribution >= 0.6 is 11.8 Å². The maximum atomic E-state index is 13.2. The van der Waals surface area contributed by atoms with E-state index in [4.69, 9.17) is 0 Å². The fourth-order valence-electron chi connectivity index (χ4n) is 4.22. The Morgan fingerprint density at radius 1 is 1.18 bits per heavy atom. The Morgan fingerprint density at radius 2 is 1.97 bits per heavy atom. The molecule has 0 spiro atoms. The monoisotopic (exact) mass is 498 g/mol. The predicted molar refractivity (Wildman–Crippen MR) is 136 cm³/mol. The van der Waals surface area contributed by atoms with E-state index in [1.807, 2.05) is 39.8 Å². The van der Waals surface area contributed by atoms with Gasteiger partial charge in [0.1, 0.15) is 0 Å². The van der Waals surface area contributed by atoms with E-state index in [-0.39, 0.29) is 11.7 Å². The number of para-hydroxylation sites is 2. The highest BCUT2D eigenvalue weighted by molar-refractivity contribution is 8.15. The Balaban J connectivity index is 1.40. The fraction of sp³-hybridized carbons (Fsp3) is 0.348. The summed E-state index contributed by atoms with van der Waals surface area (Å²) in [6.07, 6.45) is 0. The van der Waals surface area contributed by atoms with Crippen LogP contribution in [0.1, 0.15) is 24.2 Å². The molecule has 0 saturated heterocycles. The van der Waals surface area contributed by atoms with Gasteiger partial charge in [0.2, 0.25) is 5.95 Å². The molecule has 0 radical (unpaired) electrons. The predicted octanol–water partition coefficient (Wildman–Crippen LogP) is 3.24. The molecule has 3 aromatic rings. The first-order chi connectivity index (χ1) is 16.4. The second-order valence-corrected chi connectivity index (χ2v) is 10.9. The second-order valence-electron chi connectivity index (χ2n) is 8.15. The summed E-state index contributed by atoms with van der Waals surface area (Å²) in [5, 5.41) is 3.43. The highest BCUT2D eigenvalue weighted by atomic mass is 32.2. The van der Waals surface area contributed by atoms with Gasteiger partial charge in [-0.1, -0.05) is 26.0 Å². The number of benzene rings is 2. The van der Waals surface area contributed by atoms with Crippen LogP contribution in [0.4, 0.5) is 11.6 Å². The zero-order valence-corrected chi connectivity index (χ0v) is 20.7. The molecule has 5 rings (SSSR count). The average Bonchev–Trinajstić information content (AvgIpc) is 3.35. The number of nitrogens with zero attached hydrogens (tertiary/aromatic N) is 5. The van der Waals surface area contributed by atoms with Gasteiger partial charge < -0.3 is 14.4 Å². The second kappa shape index (κ2) is 9.05. The third-order valence-corrected chi connectivity index (χ3v) is 8.46. The van der Waals surface area contributed by atoms with Crippen molar-refractivity contribution in [1.29, 1.82) is 0 Å². The molecule has 3 heterocycles. The van der Waals surface area contributed by atoms with Crippen molar-refractivity contribution in [2.24, 2.45) is 4.40 Å². The maximum Gasteiger partial charge on any atom is 0.258 e. The van der Waals surface area contributed by atoms with Gasteiger partial charge in [0.25, 0.3) is 15.9 Å². The summed E-state index contributed by atoms with van der Waals surface area (Å²) in [4.78, 5) is 22.9. The lowest BCUT2D eigenvalue weighted by molar-refractivity contribution is 0.102. The molecule has 11 heteroatoms. The Kier molecular flexibility index (Phi) is 6.09. The molecule has 1 aromatic heterocycles. The third-order valence-electron chi connectivity index (χ3n) is 6.15. The van der Waals surface area contributed by atoms with E-state index in [0.29, 0.717) is 29.8 Å². The number of likely N-dealkylation sites (N-methyl/N-ethyl adjacent to an activating group) is 1. The van der Waals surface area contributed by atoms with Crippen molar-refractivity contribution in [2.75, 3.05) is 42.1 Å². The molecular formula is C23H26N6O3S2. The minimum absolute atomic E-state index is 0.0115. The molecule has 0 saturated carbocycles. The van der Waals surface area contributed by atoms with Gasteiger partial charge in [0, 0.05) is 30.1 Å². The number of anilines is 2. The maximum absolute atomic E-state index is 13.2. The van der Waals surface area contributed by atoms with E-state index in [1.54, 1.807) is 12.1 Å². The number of aromatic nitrogens is 2. The minimum atomic E-state index is -3.42. The number of carbonyl (C=O) groups excluding carboxylic acids is 1. The van der Waals surface area contributed by atoms with E-state index in [1.165, 1.54) is 11.8 Å². The van der Waals surface area contributed by atoms with Crippen LogP contribution < -0.4 is 10.2 Å². The molecule has 9 nitrogen and oxygen atoms in total. The zero-order chi connectivity index (χ0) is 23.9.